The number of nitrogens with zero attached hydrogens (tertiary/aromatic N) is 3. The van der Waals surface area contributed by atoms with Gasteiger partial charge in [-0.1, -0.05) is 13.0 Å². The van der Waals surface area contributed by atoms with Crippen molar-refractivity contribution in [1.29, 1.82) is 0 Å². The highest BCUT2D eigenvalue weighted by molar-refractivity contribution is 5.27. The van der Waals surface area contributed by atoms with E-state index in [4.69, 9.17) is 0 Å². The van der Waals surface area contributed by atoms with Gasteiger partial charge in [0.1, 0.15) is 0 Å². The molecule has 0 saturated heterocycles. The summed E-state index contributed by atoms with van der Waals surface area (Å²) in [4.78, 5) is 12.5. The van der Waals surface area contributed by atoms with Gasteiger partial charge in [-0.25, -0.2) is 9.97 Å². The van der Waals surface area contributed by atoms with Crippen LogP contribution in [0.25, 0.3) is 0 Å². The molecule has 0 saturated carbocycles. The molecule has 0 bridgehead atoms. The minimum absolute atomic E-state index is 0.634. The minimum atomic E-state index is 0.634. The third-order valence-corrected chi connectivity index (χ3v) is 2.35. The Morgan fingerprint density at radius 3 is 2.56 bits per heavy atom. The highest BCUT2D eigenvalue weighted by atomic mass is 15.1. The highest BCUT2D eigenvalue weighted by Crippen LogP contribution is 2.07. The van der Waals surface area contributed by atoms with Crippen LogP contribution in [0.2, 0.25) is 0 Å². The Balaban J connectivity index is 2.05. The molecular weight excluding hydrogens is 200 g/mol. The molecule has 16 heavy (non-hydrogen) atoms. The predicted octanol–water partition coefficient (Wildman–Crippen LogP) is 2.05. The molecule has 4 nitrogen and oxygen atoms in total. The molecule has 0 spiro atoms. The lowest BCUT2D eigenvalue weighted by molar-refractivity contribution is 0.952. The summed E-state index contributed by atoms with van der Waals surface area (Å²) >= 11 is 0. The van der Waals surface area contributed by atoms with Crippen LogP contribution in [0.5, 0.6) is 0 Å². The van der Waals surface area contributed by atoms with Crippen molar-refractivity contribution in [2.75, 3.05) is 5.32 Å². The summed E-state index contributed by atoms with van der Waals surface area (Å²) in [6.07, 6.45) is 6.23. The second-order valence-corrected chi connectivity index (χ2v) is 3.39. The first-order valence-corrected chi connectivity index (χ1v) is 5.34. The molecule has 82 valence electrons. The van der Waals surface area contributed by atoms with Gasteiger partial charge in [-0.05, 0) is 24.1 Å². The summed E-state index contributed by atoms with van der Waals surface area (Å²) in [5.41, 5.74) is 2.31. The van der Waals surface area contributed by atoms with E-state index in [1.807, 2.05) is 12.3 Å². The van der Waals surface area contributed by atoms with Crippen LogP contribution in [-0.4, -0.2) is 15.0 Å². The van der Waals surface area contributed by atoms with Crippen molar-refractivity contribution in [3.05, 3.63) is 48.0 Å². The van der Waals surface area contributed by atoms with Crippen LogP contribution < -0.4 is 5.32 Å². The van der Waals surface area contributed by atoms with Gasteiger partial charge in [-0.2, -0.15) is 0 Å². The fourth-order valence-corrected chi connectivity index (χ4v) is 1.51. The lowest BCUT2D eigenvalue weighted by Gasteiger charge is -2.07. The van der Waals surface area contributed by atoms with Crippen molar-refractivity contribution in [3.8, 4) is 0 Å². The number of hydrogen-bond acceptors (Lipinski definition) is 4. The molecule has 0 atom stereocenters. The maximum atomic E-state index is 4.35. The molecular formula is C12H14N4. The standard InChI is InChI=1S/C12H14N4/c1-2-10-5-3-6-13-11(10)9-16-12-14-7-4-8-15-12/h3-8H,2,9H2,1H3,(H,14,15,16). The zero-order valence-electron chi connectivity index (χ0n) is 9.22. The third kappa shape index (κ3) is 2.53. The van der Waals surface area contributed by atoms with Gasteiger partial charge in [0.2, 0.25) is 5.95 Å². The first kappa shape index (κ1) is 10.5. The normalized spacial score (nSPS) is 10.1. The maximum Gasteiger partial charge on any atom is 0.222 e. The van der Waals surface area contributed by atoms with Crippen molar-refractivity contribution in [2.45, 2.75) is 19.9 Å². The lowest BCUT2D eigenvalue weighted by Crippen LogP contribution is -2.06. The molecule has 4 heteroatoms. The van der Waals surface area contributed by atoms with Crippen molar-refractivity contribution >= 4 is 5.95 Å². The Morgan fingerprint density at radius 1 is 1.06 bits per heavy atom. The van der Waals surface area contributed by atoms with Crippen molar-refractivity contribution in [1.82, 2.24) is 15.0 Å². The molecule has 0 aliphatic carbocycles. The fourth-order valence-electron chi connectivity index (χ4n) is 1.51. The van der Waals surface area contributed by atoms with Crippen molar-refractivity contribution < 1.29 is 0 Å². The van der Waals surface area contributed by atoms with E-state index in [0.717, 1.165) is 12.1 Å². The first-order chi connectivity index (χ1) is 7.90. The van der Waals surface area contributed by atoms with Crippen LogP contribution in [0.1, 0.15) is 18.2 Å². The Kier molecular flexibility index (Phi) is 3.43. The largest absolute Gasteiger partial charge is 0.349 e. The molecule has 0 amide bonds. The van der Waals surface area contributed by atoms with E-state index in [9.17, 15) is 0 Å². The second kappa shape index (κ2) is 5.21. The van der Waals surface area contributed by atoms with Gasteiger partial charge in [0.25, 0.3) is 0 Å². The van der Waals surface area contributed by atoms with E-state index in [1.165, 1.54) is 5.56 Å². The maximum absolute atomic E-state index is 4.35. The highest BCUT2D eigenvalue weighted by Gasteiger charge is 2.01. The molecule has 2 aromatic heterocycles. The van der Waals surface area contributed by atoms with E-state index in [1.54, 1.807) is 18.5 Å². The monoisotopic (exact) mass is 214 g/mol. The number of anilines is 1. The van der Waals surface area contributed by atoms with Gasteiger partial charge in [0, 0.05) is 18.6 Å². The Bertz CT molecular complexity index is 442. The molecule has 2 rings (SSSR count). The van der Waals surface area contributed by atoms with E-state index in [2.05, 4.69) is 33.3 Å². The van der Waals surface area contributed by atoms with E-state index < -0.39 is 0 Å². The molecule has 2 aromatic rings. The zero-order valence-corrected chi connectivity index (χ0v) is 9.22. The summed E-state index contributed by atoms with van der Waals surface area (Å²) in [6, 6.07) is 5.85. The van der Waals surface area contributed by atoms with Crippen LogP contribution in [0.15, 0.2) is 36.8 Å². The van der Waals surface area contributed by atoms with Crippen LogP contribution in [0, 0.1) is 0 Å². The average molecular weight is 214 g/mol. The van der Waals surface area contributed by atoms with Crippen LogP contribution >= 0.6 is 0 Å². The number of aromatic nitrogens is 3. The Hall–Kier alpha value is -1.97. The number of rotatable bonds is 4. The predicted molar refractivity (Wildman–Crippen MR) is 63.0 cm³/mol. The Morgan fingerprint density at radius 2 is 1.81 bits per heavy atom. The summed E-state index contributed by atoms with van der Waals surface area (Å²) < 4.78 is 0. The van der Waals surface area contributed by atoms with Crippen LogP contribution in [-0.2, 0) is 13.0 Å². The Labute approximate surface area is 94.8 Å². The quantitative estimate of drug-likeness (QED) is 0.846. The van der Waals surface area contributed by atoms with Gasteiger partial charge >= 0.3 is 0 Å². The van der Waals surface area contributed by atoms with Crippen LogP contribution in [0.4, 0.5) is 5.95 Å². The number of aryl methyl sites for hydroxylation is 1. The average Bonchev–Trinajstić information content (AvgIpc) is 2.38. The van der Waals surface area contributed by atoms with E-state index in [-0.39, 0.29) is 0 Å². The molecule has 0 aromatic carbocycles. The van der Waals surface area contributed by atoms with Crippen molar-refractivity contribution in [3.63, 3.8) is 0 Å². The molecule has 2 heterocycles. The molecule has 0 aliphatic heterocycles. The zero-order chi connectivity index (χ0) is 11.2. The summed E-state index contributed by atoms with van der Waals surface area (Å²) in [5.74, 6) is 0.634. The van der Waals surface area contributed by atoms with E-state index >= 15 is 0 Å². The number of pyridine rings is 1. The molecule has 0 unspecified atom stereocenters. The number of hydrogen-bond donors (Lipinski definition) is 1. The van der Waals surface area contributed by atoms with E-state index in [0.29, 0.717) is 12.5 Å². The molecule has 1 N–H and O–H groups in total. The van der Waals surface area contributed by atoms with Crippen molar-refractivity contribution in [2.24, 2.45) is 0 Å². The summed E-state index contributed by atoms with van der Waals surface area (Å²) in [6.45, 7) is 2.79. The molecule has 0 fully saturated rings. The third-order valence-electron chi connectivity index (χ3n) is 2.35. The fraction of sp³-hybridized carbons (Fsp3) is 0.250. The summed E-state index contributed by atoms with van der Waals surface area (Å²) in [5, 5.41) is 3.15. The molecule has 0 radical (unpaired) electrons. The minimum Gasteiger partial charge on any atom is -0.349 e. The SMILES string of the molecule is CCc1cccnc1CNc1ncccn1. The second-order valence-electron chi connectivity index (χ2n) is 3.39. The topological polar surface area (TPSA) is 50.7 Å². The first-order valence-electron chi connectivity index (χ1n) is 5.34. The summed E-state index contributed by atoms with van der Waals surface area (Å²) in [7, 11) is 0. The number of nitrogens with one attached hydrogen (secondary N) is 1. The van der Waals surface area contributed by atoms with Gasteiger partial charge in [-0.15, -0.1) is 0 Å². The van der Waals surface area contributed by atoms with Gasteiger partial charge in [0.05, 0.1) is 12.2 Å². The van der Waals surface area contributed by atoms with Crippen LogP contribution in [0.3, 0.4) is 0 Å². The van der Waals surface area contributed by atoms with Gasteiger partial charge in [-0.3, -0.25) is 4.98 Å². The molecule has 0 aliphatic rings. The van der Waals surface area contributed by atoms with Gasteiger partial charge < -0.3 is 5.32 Å². The van der Waals surface area contributed by atoms with Gasteiger partial charge in [0.15, 0.2) is 0 Å². The lowest BCUT2D eigenvalue weighted by atomic mass is 10.1. The smallest absolute Gasteiger partial charge is 0.222 e.